The van der Waals surface area contributed by atoms with Crippen molar-refractivity contribution in [2.75, 3.05) is 11.9 Å². The third kappa shape index (κ3) is 2.43. The summed E-state index contributed by atoms with van der Waals surface area (Å²) in [6.45, 7) is 4.33. The lowest BCUT2D eigenvalue weighted by atomic mass is 10.1. The zero-order valence-corrected chi connectivity index (χ0v) is 11.1. The SMILES string of the molecule is CC(C)N(C)c1cccc(Br)c1CCl. The van der Waals surface area contributed by atoms with Crippen LogP contribution >= 0.6 is 27.5 Å². The second kappa shape index (κ2) is 5.04. The zero-order valence-electron chi connectivity index (χ0n) is 8.72. The van der Waals surface area contributed by atoms with Gasteiger partial charge in [0.05, 0.1) is 5.88 Å². The van der Waals surface area contributed by atoms with Crippen LogP contribution in [0.3, 0.4) is 0 Å². The molecule has 3 heteroatoms. The van der Waals surface area contributed by atoms with Crippen molar-refractivity contribution in [3.8, 4) is 0 Å². The summed E-state index contributed by atoms with van der Waals surface area (Å²) in [4.78, 5) is 2.22. The number of hydrogen-bond donors (Lipinski definition) is 0. The second-order valence-corrected chi connectivity index (χ2v) is 4.70. The summed E-state index contributed by atoms with van der Waals surface area (Å²) < 4.78 is 1.08. The molecule has 0 fully saturated rings. The van der Waals surface area contributed by atoms with Gasteiger partial charge in [0, 0.05) is 28.8 Å². The van der Waals surface area contributed by atoms with E-state index in [1.807, 2.05) is 12.1 Å². The summed E-state index contributed by atoms with van der Waals surface area (Å²) in [6.07, 6.45) is 0. The van der Waals surface area contributed by atoms with Crippen LogP contribution in [-0.2, 0) is 5.88 Å². The van der Waals surface area contributed by atoms with E-state index in [0.29, 0.717) is 11.9 Å². The topological polar surface area (TPSA) is 3.24 Å². The molecule has 0 aliphatic heterocycles. The highest BCUT2D eigenvalue weighted by molar-refractivity contribution is 9.10. The Morgan fingerprint density at radius 2 is 2.07 bits per heavy atom. The highest BCUT2D eigenvalue weighted by atomic mass is 79.9. The summed E-state index contributed by atoms with van der Waals surface area (Å²) >= 11 is 9.44. The van der Waals surface area contributed by atoms with E-state index >= 15 is 0 Å². The summed E-state index contributed by atoms with van der Waals surface area (Å²) in [5, 5.41) is 0. The first-order valence-electron chi connectivity index (χ1n) is 4.64. The van der Waals surface area contributed by atoms with Crippen molar-refractivity contribution in [3.05, 3.63) is 28.2 Å². The predicted octanol–water partition coefficient (Wildman–Crippen LogP) is 4.03. The van der Waals surface area contributed by atoms with Gasteiger partial charge in [-0.05, 0) is 26.0 Å². The molecule has 0 radical (unpaired) electrons. The highest BCUT2D eigenvalue weighted by Gasteiger charge is 2.11. The number of anilines is 1. The van der Waals surface area contributed by atoms with Crippen molar-refractivity contribution in [2.24, 2.45) is 0 Å². The normalized spacial score (nSPS) is 10.7. The Kier molecular flexibility index (Phi) is 4.27. The monoisotopic (exact) mass is 275 g/mol. The Balaban J connectivity index is 3.13. The molecular formula is C11H15BrClN. The number of alkyl halides is 1. The molecule has 0 aliphatic carbocycles. The Bertz CT molecular complexity index is 312. The molecule has 0 spiro atoms. The molecule has 1 rings (SSSR count). The maximum atomic E-state index is 5.93. The van der Waals surface area contributed by atoms with Crippen molar-refractivity contribution in [1.29, 1.82) is 0 Å². The molecule has 0 saturated carbocycles. The molecule has 0 N–H and O–H groups in total. The standard InChI is InChI=1S/C11H15BrClN/c1-8(2)14(3)11-6-4-5-10(12)9(11)7-13/h4-6,8H,7H2,1-3H3. The van der Waals surface area contributed by atoms with Crippen LogP contribution in [0.5, 0.6) is 0 Å². The number of benzene rings is 1. The molecule has 78 valence electrons. The van der Waals surface area contributed by atoms with Crippen LogP contribution in [0.1, 0.15) is 19.4 Å². The van der Waals surface area contributed by atoms with E-state index in [1.54, 1.807) is 0 Å². The molecule has 0 atom stereocenters. The van der Waals surface area contributed by atoms with Gasteiger partial charge in [0.1, 0.15) is 0 Å². The minimum absolute atomic E-state index is 0.478. The van der Waals surface area contributed by atoms with Gasteiger partial charge in [0.2, 0.25) is 0 Å². The van der Waals surface area contributed by atoms with Crippen LogP contribution < -0.4 is 4.90 Å². The van der Waals surface area contributed by atoms with E-state index < -0.39 is 0 Å². The average Bonchev–Trinajstić information content (AvgIpc) is 2.16. The van der Waals surface area contributed by atoms with Gasteiger partial charge in [-0.15, -0.1) is 11.6 Å². The fourth-order valence-electron chi connectivity index (χ4n) is 1.29. The minimum atomic E-state index is 0.478. The molecule has 0 heterocycles. The molecule has 0 amide bonds. The van der Waals surface area contributed by atoms with Gasteiger partial charge in [-0.25, -0.2) is 0 Å². The van der Waals surface area contributed by atoms with E-state index in [-0.39, 0.29) is 0 Å². The van der Waals surface area contributed by atoms with Gasteiger partial charge in [0.25, 0.3) is 0 Å². The molecule has 1 nitrogen and oxygen atoms in total. The molecule has 1 aromatic carbocycles. The highest BCUT2D eigenvalue weighted by Crippen LogP contribution is 2.29. The summed E-state index contributed by atoms with van der Waals surface area (Å²) in [7, 11) is 2.09. The van der Waals surface area contributed by atoms with E-state index in [9.17, 15) is 0 Å². The number of halogens is 2. The van der Waals surface area contributed by atoms with Crippen LogP contribution in [0.15, 0.2) is 22.7 Å². The predicted molar refractivity (Wildman–Crippen MR) is 67.2 cm³/mol. The molecule has 0 aromatic heterocycles. The van der Waals surface area contributed by atoms with Crippen molar-refractivity contribution in [2.45, 2.75) is 25.8 Å². The fraction of sp³-hybridized carbons (Fsp3) is 0.455. The lowest BCUT2D eigenvalue weighted by Crippen LogP contribution is -2.26. The van der Waals surface area contributed by atoms with E-state index in [0.717, 1.165) is 10.0 Å². The Hall–Kier alpha value is -0.210. The lowest BCUT2D eigenvalue weighted by Gasteiger charge is -2.26. The first-order chi connectivity index (χ1) is 6.57. The van der Waals surface area contributed by atoms with Gasteiger partial charge in [-0.1, -0.05) is 22.0 Å². The van der Waals surface area contributed by atoms with E-state index in [2.05, 4.69) is 47.8 Å². The molecule has 0 aliphatic rings. The molecular weight excluding hydrogens is 261 g/mol. The first-order valence-corrected chi connectivity index (χ1v) is 5.97. The molecule has 0 unspecified atom stereocenters. The fourth-order valence-corrected chi connectivity index (χ4v) is 2.23. The third-order valence-electron chi connectivity index (χ3n) is 2.38. The van der Waals surface area contributed by atoms with Gasteiger partial charge in [-0.3, -0.25) is 0 Å². The molecule has 1 aromatic rings. The van der Waals surface area contributed by atoms with E-state index in [4.69, 9.17) is 11.6 Å². The third-order valence-corrected chi connectivity index (χ3v) is 3.39. The molecule has 0 saturated heterocycles. The number of rotatable bonds is 3. The van der Waals surface area contributed by atoms with Gasteiger partial charge in [0.15, 0.2) is 0 Å². The zero-order chi connectivity index (χ0) is 10.7. The number of hydrogen-bond acceptors (Lipinski definition) is 1. The van der Waals surface area contributed by atoms with Gasteiger partial charge >= 0.3 is 0 Å². The van der Waals surface area contributed by atoms with Crippen LogP contribution in [0.4, 0.5) is 5.69 Å². The largest absolute Gasteiger partial charge is 0.372 e. The van der Waals surface area contributed by atoms with Gasteiger partial charge < -0.3 is 4.90 Å². The summed E-state index contributed by atoms with van der Waals surface area (Å²) in [6, 6.07) is 6.64. The van der Waals surface area contributed by atoms with Crippen molar-refractivity contribution >= 4 is 33.2 Å². The van der Waals surface area contributed by atoms with E-state index in [1.165, 1.54) is 5.69 Å². The summed E-state index contributed by atoms with van der Waals surface area (Å²) in [5.74, 6) is 0.536. The van der Waals surface area contributed by atoms with Crippen LogP contribution in [0.2, 0.25) is 0 Å². The minimum Gasteiger partial charge on any atom is -0.372 e. The van der Waals surface area contributed by atoms with Gasteiger partial charge in [-0.2, -0.15) is 0 Å². The Morgan fingerprint density at radius 3 is 2.57 bits per heavy atom. The second-order valence-electron chi connectivity index (χ2n) is 3.58. The van der Waals surface area contributed by atoms with Crippen molar-refractivity contribution in [3.63, 3.8) is 0 Å². The lowest BCUT2D eigenvalue weighted by molar-refractivity contribution is 0.751. The molecule has 0 bridgehead atoms. The maximum Gasteiger partial charge on any atom is 0.0505 e. The maximum absolute atomic E-state index is 5.93. The van der Waals surface area contributed by atoms with Crippen molar-refractivity contribution < 1.29 is 0 Å². The van der Waals surface area contributed by atoms with Crippen molar-refractivity contribution in [1.82, 2.24) is 0 Å². The Labute approximate surface area is 99.2 Å². The smallest absolute Gasteiger partial charge is 0.0505 e. The molecule has 14 heavy (non-hydrogen) atoms. The Morgan fingerprint density at radius 1 is 1.43 bits per heavy atom. The average molecular weight is 277 g/mol. The first kappa shape index (κ1) is 11.9. The number of nitrogens with zero attached hydrogens (tertiary/aromatic N) is 1. The van der Waals surface area contributed by atoms with Crippen LogP contribution in [-0.4, -0.2) is 13.1 Å². The van der Waals surface area contributed by atoms with Crippen LogP contribution in [0.25, 0.3) is 0 Å². The quantitative estimate of drug-likeness (QED) is 0.753. The van der Waals surface area contributed by atoms with Crippen LogP contribution in [0, 0.1) is 0 Å². The summed E-state index contributed by atoms with van der Waals surface area (Å²) in [5.41, 5.74) is 2.36.